The lowest BCUT2D eigenvalue weighted by molar-refractivity contribution is -0.126. The maximum atomic E-state index is 12.2. The predicted molar refractivity (Wildman–Crippen MR) is 87.0 cm³/mol. The zero-order chi connectivity index (χ0) is 16.2. The van der Waals surface area contributed by atoms with Crippen LogP contribution in [-0.2, 0) is 14.8 Å². The maximum absolute atomic E-state index is 12.2. The summed E-state index contributed by atoms with van der Waals surface area (Å²) in [7, 11) is -3.12. The van der Waals surface area contributed by atoms with Gasteiger partial charge >= 0.3 is 0 Å². The molecule has 1 atom stereocenters. The molecular weight excluding hydrogens is 302 g/mol. The SMILES string of the molecule is C[C@@H](CCNC(=O)C1CCN(S(C)(=O)=O)CC1)N1CCCC1. The molecular formula is C15H29N3O3S. The van der Waals surface area contributed by atoms with Crippen LogP contribution < -0.4 is 5.32 Å². The summed E-state index contributed by atoms with van der Waals surface area (Å²) in [5, 5.41) is 3.03. The van der Waals surface area contributed by atoms with Gasteiger partial charge in [-0.25, -0.2) is 12.7 Å². The van der Waals surface area contributed by atoms with E-state index < -0.39 is 10.0 Å². The summed E-state index contributed by atoms with van der Waals surface area (Å²) >= 11 is 0. The van der Waals surface area contributed by atoms with Crippen molar-refractivity contribution in [3.05, 3.63) is 0 Å². The highest BCUT2D eigenvalue weighted by atomic mass is 32.2. The van der Waals surface area contributed by atoms with E-state index >= 15 is 0 Å². The number of sulfonamides is 1. The molecule has 1 N–H and O–H groups in total. The average Bonchev–Trinajstić information content (AvgIpc) is 3.00. The molecule has 2 saturated heterocycles. The van der Waals surface area contributed by atoms with Gasteiger partial charge in [0.15, 0.2) is 0 Å². The van der Waals surface area contributed by atoms with Crippen molar-refractivity contribution in [2.24, 2.45) is 5.92 Å². The molecule has 0 aromatic carbocycles. The second-order valence-corrected chi connectivity index (χ2v) is 8.59. The lowest BCUT2D eigenvalue weighted by Crippen LogP contribution is -2.43. The molecule has 7 heteroatoms. The van der Waals surface area contributed by atoms with Gasteiger partial charge in [0.05, 0.1) is 6.26 Å². The Balaban J connectivity index is 1.66. The number of amides is 1. The minimum Gasteiger partial charge on any atom is -0.356 e. The van der Waals surface area contributed by atoms with E-state index in [0.29, 0.717) is 38.5 Å². The van der Waals surface area contributed by atoms with Gasteiger partial charge in [0.2, 0.25) is 15.9 Å². The Bertz CT molecular complexity index is 466. The number of nitrogens with one attached hydrogen (secondary N) is 1. The summed E-state index contributed by atoms with van der Waals surface area (Å²) in [6.45, 7) is 6.21. The molecule has 0 aliphatic carbocycles. The Hall–Kier alpha value is -0.660. The number of hydrogen-bond donors (Lipinski definition) is 1. The smallest absolute Gasteiger partial charge is 0.223 e. The van der Waals surface area contributed by atoms with E-state index in [9.17, 15) is 13.2 Å². The van der Waals surface area contributed by atoms with Gasteiger partial charge < -0.3 is 10.2 Å². The Kier molecular flexibility index (Phi) is 6.23. The monoisotopic (exact) mass is 331 g/mol. The molecule has 1 amide bonds. The van der Waals surface area contributed by atoms with E-state index in [2.05, 4.69) is 17.1 Å². The molecule has 2 aliphatic heterocycles. The van der Waals surface area contributed by atoms with E-state index in [1.165, 1.54) is 36.5 Å². The summed E-state index contributed by atoms with van der Waals surface area (Å²) in [5.41, 5.74) is 0. The van der Waals surface area contributed by atoms with Crippen LogP contribution in [0, 0.1) is 5.92 Å². The minimum atomic E-state index is -3.12. The fourth-order valence-electron chi connectivity index (χ4n) is 3.36. The molecule has 6 nitrogen and oxygen atoms in total. The Morgan fingerprint density at radius 3 is 2.32 bits per heavy atom. The van der Waals surface area contributed by atoms with E-state index in [0.717, 1.165) is 6.42 Å². The van der Waals surface area contributed by atoms with Crippen LogP contribution in [0.5, 0.6) is 0 Å². The van der Waals surface area contributed by atoms with Crippen molar-refractivity contribution in [2.45, 2.75) is 45.1 Å². The van der Waals surface area contributed by atoms with Crippen LogP contribution in [0.2, 0.25) is 0 Å². The van der Waals surface area contributed by atoms with E-state index in [1.54, 1.807) is 0 Å². The highest BCUT2D eigenvalue weighted by molar-refractivity contribution is 7.88. The highest BCUT2D eigenvalue weighted by Gasteiger charge is 2.28. The number of carbonyl (C=O) groups is 1. The van der Waals surface area contributed by atoms with Crippen LogP contribution in [-0.4, -0.2) is 68.6 Å². The number of rotatable bonds is 6. The second kappa shape index (κ2) is 7.75. The molecule has 2 aliphatic rings. The number of likely N-dealkylation sites (tertiary alicyclic amines) is 1. The van der Waals surface area contributed by atoms with Crippen molar-refractivity contribution in [1.82, 2.24) is 14.5 Å². The van der Waals surface area contributed by atoms with E-state index in [1.807, 2.05) is 0 Å². The first-order valence-corrected chi connectivity index (χ1v) is 10.2. The quantitative estimate of drug-likeness (QED) is 0.776. The van der Waals surface area contributed by atoms with Gasteiger partial charge in [-0.1, -0.05) is 0 Å². The van der Waals surface area contributed by atoms with Gasteiger partial charge in [-0.2, -0.15) is 0 Å². The lowest BCUT2D eigenvalue weighted by Gasteiger charge is -2.29. The molecule has 0 spiro atoms. The van der Waals surface area contributed by atoms with Gasteiger partial charge in [0.1, 0.15) is 0 Å². The Labute approximate surface area is 134 Å². The lowest BCUT2D eigenvalue weighted by atomic mass is 9.97. The zero-order valence-corrected chi connectivity index (χ0v) is 14.6. The van der Waals surface area contributed by atoms with Gasteiger partial charge in [-0.3, -0.25) is 4.79 Å². The average molecular weight is 331 g/mol. The molecule has 0 bridgehead atoms. The number of carbonyl (C=O) groups excluding carboxylic acids is 1. The third kappa shape index (κ3) is 4.93. The standard InChI is InChI=1S/C15H29N3O3S/c1-13(17-9-3-4-10-17)5-8-16-15(19)14-6-11-18(12-7-14)22(2,20)21/h13-14H,3-12H2,1-2H3,(H,16,19)/t13-/m0/s1. The van der Waals surface area contributed by atoms with Gasteiger partial charge in [0, 0.05) is 31.6 Å². The van der Waals surface area contributed by atoms with Crippen molar-refractivity contribution in [1.29, 1.82) is 0 Å². The van der Waals surface area contributed by atoms with Crippen LogP contribution in [0.15, 0.2) is 0 Å². The third-order valence-corrected chi connectivity index (χ3v) is 6.22. The van der Waals surface area contributed by atoms with Crippen molar-refractivity contribution < 1.29 is 13.2 Å². The fraction of sp³-hybridized carbons (Fsp3) is 0.933. The summed E-state index contributed by atoms with van der Waals surface area (Å²) < 4.78 is 24.4. The van der Waals surface area contributed by atoms with Crippen molar-refractivity contribution in [2.75, 3.05) is 39.0 Å². The van der Waals surface area contributed by atoms with Crippen molar-refractivity contribution in [3.8, 4) is 0 Å². The molecule has 0 aromatic rings. The second-order valence-electron chi connectivity index (χ2n) is 6.61. The number of piperidine rings is 1. The number of hydrogen-bond acceptors (Lipinski definition) is 4. The molecule has 22 heavy (non-hydrogen) atoms. The predicted octanol–water partition coefficient (Wildman–Crippen LogP) is 0.649. The largest absolute Gasteiger partial charge is 0.356 e. The molecule has 0 unspecified atom stereocenters. The van der Waals surface area contributed by atoms with Gasteiger partial charge in [-0.15, -0.1) is 0 Å². The summed E-state index contributed by atoms with van der Waals surface area (Å²) in [6.07, 6.45) is 6.04. The molecule has 0 aromatic heterocycles. The van der Waals surface area contributed by atoms with Crippen molar-refractivity contribution in [3.63, 3.8) is 0 Å². The van der Waals surface area contributed by atoms with Gasteiger partial charge in [0.25, 0.3) is 0 Å². The minimum absolute atomic E-state index is 0.0416. The number of nitrogens with zero attached hydrogens (tertiary/aromatic N) is 2. The first-order chi connectivity index (χ1) is 10.4. The molecule has 2 fully saturated rings. The van der Waals surface area contributed by atoms with Crippen LogP contribution in [0.1, 0.15) is 39.0 Å². The zero-order valence-electron chi connectivity index (χ0n) is 13.8. The van der Waals surface area contributed by atoms with Crippen molar-refractivity contribution >= 4 is 15.9 Å². The summed E-state index contributed by atoms with van der Waals surface area (Å²) in [5.74, 6) is 0.0434. The Morgan fingerprint density at radius 1 is 1.18 bits per heavy atom. The van der Waals surface area contributed by atoms with E-state index in [-0.39, 0.29) is 11.8 Å². The van der Waals surface area contributed by atoms with Crippen LogP contribution in [0.4, 0.5) is 0 Å². The normalized spacial score (nSPS) is 23.5. The molecule has 2 heterocycles. The third-order valence-electron chi connectivity index (χ3n) is 4.92. The summed E-state index contributed by atoms with van der Waals surface area (Å²) in [4.78, 5) is 14.6. The topological polar surface area (TPSA) is 69.7 Å². The van der Waals surface area contributed by atoms with Crippen LogP contribution in [0.25, 0.3) is 0 Å². The highest BCUT2D eigenvalue weighted by Crippen LogP contribution is 2.19. The van der Waals surface area contributed by atoms with Crippen LogP contribution >= 0.6 is 0 Å². The van der Waals surface area contributed by atoms with Crippen LogP contribution in [0.3, 0.4) is 0 Å². The molecule has 128 valence electrons. The maximum Gasteiger partial charge on any atom is 0.223 e. The van der Waals surface area contributed by atoms with Gasteiger partial charge in [-0.05, 0) is 52.1 Å². The molecule has 0 saturated carbocycles. The molecule has 0 radical (unpaired) electrons. The van der Waals surface area contributed by atoms with E-state index in [4.69, 9.17) is 0 Å². The fourth-order valence-corrected chi connectivity index (χ4v) is 4.24. The summed E-state index contributed by atoms with van der Waals surface area (Å²) in [6, 6.07) is 0.523. The first kappa shape index (κ1) is 17.7. The molecule has 2 rings (SSSR count). The Morgan fingerprint density at radius 2 is 1.77 bits per heavy atom. The first-order valence-electron chi connectivity index (χ1n) is 8.35.